The van der Waals surface area contributed by atoms with Gasteiger partial charge in [0.2, 0.25) is 0 Å². The summed E-state index contributed by atoms with van der Waals surface area (Å²) in [4.78, 5) is 9.27. The number of aliphatic imine (C=N–C) groups is 1. The molecule has 0 spiro atoms. The zero-order valence-corrected chi connectivity index (χ0v) is 25.8. The van der Waals surface area contributed by atoms with E-state index >= 15 is 13.2 Å². The molecule has 0 radical (unpaired) electrons. The van der Waals surface area contributed by atoms with Gasteiger partial charge in [-0.2, -0.15) is 0 Å². The third-order valence-electron chi connectivity index (χ3n) is 7.45. The first-order valence-corrected chi connectivity index (χ1v) is 16.1. The van der Waals surface area contributed by atoms with Gasteiger partial charge in [0.05, 0.1) is 34.7 Å². The molecule has 41 heavy (non-hydrogen) atoms. The van der Waals surface area contributed by atoms with Crippen LogP contribution in [0.5, 0.6) is 0 Å². The maximum Gasteiger partial charge on any atom is 0.281 e. The third kappa shape index (κ3) is 7.20. The number of hydrogen-bond acceptors (Lipinski definition) is 6. The van der Waals surface area contributed by atoms with Gasteiger partial charge in [0.1, 0.15) is 23.3 Å². The number of benzene rings is 1. The normalized spacial score (nSPS) is 22.6. The summed E-state index contributed by atoms with van der Waals surface area (Å²) >= 11 is 0. The number of alkyl halides is 2. The molecule has 2 fully saturated rings. The van der Waals surface area contributed by atoms with Gasteiger partial charge in [0, 0.05) is 34.5 Å². The zero-order valence-electron chi connectivity index (χ0n) is 25.0. The number of fused-ring (bicyclic) bond motifs is 1. The Hall–Kier alpha value is -2.72. The van der Waals surface area contributed by atoms with Crippen molar-refractivity contribution in [3.8, 4) is 0 Å². The van der Waals surface area contributed by atoms with Crippen molar-refractivity contribution < 1.29 is 22.1 Å². The number of aromatic nitrogens is 1. The van der Waals surface area contributed by atoms with Crippen LogP contribution in [0.2, 0.25) is 0 Å². The molecule has 0 bridgehead atoms. The number of amidine groups is 1. The van der Waals surface area contributed by atoms with E-state index in [-0.39, 0.29) is 31.1 Å². The molecule has 10 heteroatoms. The van der Waals surface area contributed by atoms with Crippen LogP contribution in [0.4, 0.5) is 19.0 Å². The minimum Gasteiger partial charge on any atom is -0.381 e. The Labute approximate surface area is 244 Å². The minimum atomic E-state index is -3.33. The summed E-state index contributed by atoms with van der Waals surface area (Å²) in [5.41, 5.74) is 0.503. The molecule has 2 saturated heterocycles. The summed E-state index contributed by atoms with van der Waals surface area (Å²) in [5.74, 6) is -2.14. The summed E-state index contributed by atoms with van der Waals surface area (Å²) in [7, 11) is -0.784. The van der Waals surface area contributed by atoms with Crippen LogP contribution in [-0.2, 0) is 21.5 Å². The molecule has 2 unspecified atom stereocenters. The molecule has 1 aromatic carbocycles. The van der Waals surface area contributed by atoms with Gasteiger partial charge in [-0.25, -0.2) is 23.1 Å². The van der Waals surface area contributed by atoms with E-state index in [1.54, 1.807) is 13.8 Å². The van der Waals surface area contributed by atoms with E-state index in [4.69, 9.17) is 4.74 Å². The number of hydrogen-bond donors (Lipinski definition) is 2. The van der Waals surface area contributed by atoms with Crippen LogP contribution in [-0.4, -0.2) is 39.7 Å². The Morgan fingerprint density at radius 3 is 2.49 bits per heavy atom. The maximum absolute atomic E-state index is 15.5. The number of anilines is 1. The van der Waals surface area contributed by atoms with E-state index in [1.807, 2.05) is 33.8 Å². The molecule has 226 valence electrons. The predicted molar refractivity (Wildman–Crippen MR) is 162 cm³/mol. The van der Waals surface area contributed by atoms with Gasteiger partial charge >= 0.3 is 0 Å². The standard InChI is InChI=1S/C27H31F3N4O2S.2C2H6/c1-15(20-5-4-6-23(24(20)28)27(29,30)19-7-10-36-14-19)31-25-22-13-21(18-8-11-37(35)12-9-18)16(2)32-26(22)34-17(3)33-25;2*1-2/h4-6,13,15,18-19H,2,7-12,14H2,1,3H3,(H2,31,32,33,34);2*1-2H3. The van der Waals surface area contributed by atoms with Crippen LogP contribution in [0.1, 0.15) is 89.5 Å². The number of pyridine rings is 1. The molecule has 4 heterocycles. The van der Waals surface area contributed by atoms with E-state index in [0.29, 0.717) is 39.5 Å². The SMILES string of the molecule is C=c1nc2c(cc1C1CCS(=O)CC1)=C(NC(C)c1cccc(C(F)(F)C3CCOC3)c1F)N=C(C)N2.CC.CC. The van der Waals surface area contributed by atoms with Crippen LogP contribution in [0, 0.1) is 11.7 Å². The molecule has 2 atom stereocenters. The summed E-state index contributed by atoms with van der Waals surface area (Å²) < 4.78 is 62.8. The molecule has 0 amide bonds. The first-order chi connectivity index (χ1) is 19.6. The summed E-state index contributed by atoms with van der Waals surface area (Å²) in [5, 5.41) is 7.76. The highest BCUT2D eigenvalue weighted by molar-refractivity contribution is 7.85. The topological polar surface area (TPSA) is 75.6 Å². The highest BCUT2D eigenvalue weighted by atomic mass is 32.2. The summed E-state index contributed by atoms with van der Waals surface area (Å²) in [6, 6.07) is 5.48. The lowest BCUT2D eigenvalue weighted by atomic mass is 9.91. The number of nitrogens with one attached hydrogen (secondary N) is 2. The van der Waals surface area contributed by atoms with Crippen LogP contribution in [0.25, 0.3) is 12.4 Å². The first-order valence-electron chi connectivity index (χ1n) is 14.6. The van der Waals surface area contributed by atoms with E-state index in [1.165, 1.54) is 12.1 Å². The van der Waals surface area contributed by atoms with E-state index in [0.717, 1.165) is 24.5 Å². The van der Waals surface area contributed by atoms with Crippen molar-refractivity contribution in [3.63, 3.8) is 0 Å². The van der Waals surface area contributed by atoms with Crippen molar-refractivity contribution in [3.05, 3.63) is 57.3 Å². The van der Waals surface area contributed by atoms with Gasteiger partial charge < -0.3 is 15.4 Å². The molecule has 3 aliphatic rings. The third-order valence-corrected chi connectivity index (χ3v) is 8.83. The predicted octanol–water partition coefficient (Wildman–Crippen LogP) is 5.70. The Morgan fingerprint density at radius 2 is 1.85 bits per heavy atom. The van der Waals surface area contributed by atoms with E-state index < -0.39 is 40.1 Å². The number of ether oxygens (including phenoxy) is 1. The minimum absolute atomic E-state index is 0.0827. The molecule has 6 nitrogen and oxygen atoms in total. The van der Waals surface area contributed by atoms with Crippen molar-refractivity contribution in [1.82, 2.24) is 10.3 Å². The van der Waals surface area contributed by atoms with Crippen LogP contribution >= 0.6 is 0 Å². The van der Waals surface area contributed by atoms with Crippen molar-refractivity contribution in [1.29, 1.82) is 0 Å². The second-order valence-electron chi connectivity index (χ2n) is 9.97. The Morgan fingerprint density at radius 1 is 1.17 bits per heavy atom. The van der Waals surface area contributed by atoms with Gasteiger partial charge in [-0.05, 0) is 50.7 Å². The Bertz CT molecular complexity index is 1370. The van der Waals surface area contributed by atoms with Crippen molar-refractivity contribution in [2.24, 2.45) is 10.9 Å². The molecular weight excluding hydrogens is 549 g/mol. The van der Waals surface area contributed by atoms with Crippen molar-refractivity contribution in [2.45, 2.75) is 78.7 Å². The van der Waals surface area contributed by atoms with Gasteiger partial charge in [0.25, 0.3) is 5.92 Å². The lowest BCUT2D eigenvalue weighted by Gasteiger charge is -2.26. The molecule has 2 N–H and O–H groups in total. The monoisotopic (exact) mass is 592 g/mol. The second kappa shape index (κ2) is 14.4. The maximum atomic E-state index is 15.5. The Kier molecular flexibility index (Phi) is 11.6. The van der Waals surface area contributed by atoms with Crippen molar-refractivity contribution in [2.75, 3.05) is 30.0 Å². The molecule has 1 aromatic heterocycles. The first kappa shape index (κ1) is 32.8. The van der Waals surface area contributed by atoms with Gasteiger partial charge in [-0.3, -0.25) is 4.21 Å². The summed E-state index contributed by atoms with van der Waals surface area (Å²) in [6.07, 6.45) is 1.78. The van der Waals surface area contributed by atoms with Crippen LogP contribution in [0.15, 0.2) is 29.3 Å². The highest BCUT2D eigenvalue weighted by Gasteiger charge is 2.45. The lowest BCUT2D eigenvalue weighted by molar-refractivity contribution is -0.0691. The van der Waals surface area contributed by atoms with E-state index in [9.17, 15) is 4.21 Å². The number of rotatable bonds is 6. The Balaban J connectivity index is 0.00000111. The van der Waals surface area contributed by atoms with Crippen LogP contribution < -0.4 is 21.2 Å². The van der Waals surface area contributed by atoms with Gasteiger partial charge in [-0.1, -0.05) is 52.5 Å². The molecule has 5 rings (SSSR count). The molecule has 0 saturated carbocycles. The fourth-order valence-electron chi connectivity index (χ4n) is 5.30. The average Bonchev–Trinajstić information content (AvgIpc) is 3.52. The van der Waals surface area contributed by atoms with Crippen LogP contribution in [0.3, 0.4) is 0 Å². The molecule has 3 aliphatic heterocycles. The van der Waals surface area contributed by atoms with Gasteiger partial charge in [-0.15, -0.1) is 0 Å². The molecule has 0 aliphatic carbocycles. The molecular formula is C31H43F3N4O2S. The fraction of sp³-hybridized carbons (Fsp3) is 0.548. The fourth-order valence-corrected chi connectivity index (χ4v) is 6.60. The molecule has 2 aromatic rings. The second-order valence-corrected chi connectivity index (χ2v) is 11.7. The smallest absolute Gasteiger partial charge is 0.281 e. The van der Waals surface area contributed by atoms with E-state index in [2.05, 4.69) is 27.2 Å². The number of nitrogens with zero attached hydrogens (tertiary/aromatic N) is 2. The number of halogens is 3. The average molecular weight is 593 g/mol. The quantitative estimate of drug-likeness (QED) is 0.450. The lowest BCUT2D eigenvalue weighted by Crippen LogP contribution is -2.35. The zero-order chi connectivity index (χ0) is 30.3. The summed E-state index contributed by atoms with van der Waals surface area (Å²) in [6.45, 7) is 15.8. The highest BCUT2D eigenvalue weighted by Crippen LogP contribution is 2.42. The van der Waals surface area contributed by atoms with Crippen molar-refractivity contribution >= 4 is 34.9 Å². The van der Waals surface area contributed by atoms with Gasteiger partial charge in [0.15, 0.2) is 0 Å². The largest absolute Gasteiger partial charge is 0.381 e.